The number of Topliss-reactive ketones (excluding diaryl/α,β-unsaturated/α-hetero) is 1. The number of hydrogen-bond donors (Lipinski definition) is 1. The minimum absolute atomic E-state index is 0. The average Bonchev–Trinajstić information content (AvgIpc) is 2.77. The summed E-state index contributed by atoms with van der Waals surface area (Å²) in [6.45, 7) is 4.58. The van der Waals surface area contributed by atoms with Crippen molar-refractivity contribution >= 4 is 22.8 Å². The first kappa shape index (κ1) is 23.8. The maximum Gasteiger partial charge on any atom is 0.179 e. The Hall–Kier alpha value is -2.43. The lowest BCUT2D eigenvalue weighted by molar-refractivity contribution is 0.0944. The van der Waals surface area contributed by atoms with E-state index in [0.717, 1.165) is 24.2 Å². The summed E-state index contributed by atoms with van der Waals surface area (Å²) in [5.41, 5.74) is 3.15. The maximum absolute atomic E-state index is 12.7. The molecule has 3 rings (SSSR count). The van der Waals surface area contributed by atoms with Crippen molar-refractivity contribution < 1.29 is 9.53 Å². The maximum atomic E-state index is 12.7. The van der Waals surface area contributed by atoms with Crippen LogP contribution in [0.25, 0.3) is 0 Å². The van der Waals surface area contributed by atoms with Crippen LogP contribution in [0.5, 0.6) is 5.75 Å². The zero-order valence-corrected chi connectivity index (χ0v) is 19.3. The number of aryl methyl sites for hydroxylation is 1. The predicted molar refractivity (Wildman–Crippen MR) is 129 cm³/mol. The van der Waals surface area contributed by atoms with E-state index in [9.17, 15) is 4.79 Å². The molecule has 0 heterocycles. The second-order valence-corrected chi connectivity index (χ2v) is 7.48. The standard InChI is InChI=1S/C26H29NO2.BrH/c1-20(13-14-22-9-5-3-6-10-22)27-21(2)26(28)24-15-17-25(18-16-24)29-19-23-11-7-4-8-12-23;/h3-12,15-18,20-21,27H,13-14,19H2,1-2H3;1H. The molecule has 0 radical (unpaired) electrons. The number of ether oxygens (including phenoxy) is 1. The molecule has 2 atom stereocenters. The molecule has 0 aliphatic carbocycles. The van der Waals surface area contributed by atoms with Crippen molar-refractivity contribution in [1.82, 2.24) is 5.32 Å². The highest BCUT2D eigenvalue weighted by atomic mass is 79.9. The molecule has 3 nitrogen and oxygen atoms in total. The highest BCUT2D eigenvalue weighted by molar-refractivity contribution is 8.93. The summed E-state index contributed by atoms with van der Waals surface area (Å²) in [6.07, 6.45) is 2.00. The highest BCUT2D eigenvalue weighted by Crippen LogP contribution is 2.16. The number of benzene rings is 3. The van der Waals surface area contributed by atoms with Crippen LogP contribution >= 0.6 is 17.0 Å². The molecule has 3 aromatic carbocycles. The van der Waals surface area contributed by atoms with E-state index in [0.29, 0.717) is 12.2 Å². The van der Waals surface area contributed by atoms with Gasteiger partial charge in [0, 0.05) is 11.6 Å². The normalized spacial score (nSPS) is 12.5. The number of nitrogens with one attached hydrogen (secondary N) is 1. The lowest BCUT2D eigenvalue weighted by Crippen LogP contribution is -2.40. The lowest BCUT2D eigenvalue weighted by Gasteiger charge is -2.19. The van der Waals surface area contributed by atoms with Gasteiger partial charge in [-0.15, -0.1) is 17.0 Å². The first-order valence-electron chi connectivity index (χ1n) is 10.2. The number of rotatable bonds is 10. The first-order valence-corrected chi connectivity index (χ1v) is 10.2. The van der Waals surface area contributed by atoms with Crippen molar-refractivity contribution in [3.05, 3.63) is 102 Å². The fourth-order valence-electron chi connectivity index (χ4n) is 3.32. The van der Waals surface area contributed by atoms with Crippen molar-refractivity contribution in [3.63, 3.8) is 0 Å². The fraction of sp³-hybridized carbons (Fsp3) is 0.269. The molecule has 0 bridgehead atoms. The monoisotopic (exact) mass is 467 g/mol. The highest BCUT2D eigenvalue weighted by Gasteiger charge is 2.17. The molecular formula is C26H30BrNO2. The predicted octanol–water partition coefficient (Wildman–Crippen LogP) is 6.03. The van der Waals surface area contributed by atoms with Crippen LogP contribution in [0.3, 0.4) is 0 Å². The lowest BCUT2D eigenvalue weighted by atomic mass is 10.0. The molecule has 0 saturated carbocycles. The molecule has 0 saturated heterocycles. The number of ketones is 1. The molecule has 0 aliphatic heterocycles. The minimum atomic E-state index is -0.225. The molecule has 30 heavy (non-hydrogen) atoms. The van der Waals surface area contributed by atoms with Gasteiger partial charge in [-0.05, 0) is 62.1 Å². The molecule has 2 unspecified atom stereocenters. The van der Waals surface area contributed by atoms with Crippen LogP contribution in [0.15, 0.2) is 84.9 Å². The van der Waals surface area contributed by atoms with Gasteiger partial charge in [0.05, 0.1) is 6.04 Å². The zero-order chi connectivity index (χ0) is 20.5. The van der Waals surface area contributed by atoms with Gasteiger partial charge in [-0.25, -0.2) is 0 Å². The van der Waals surface area contributed by atoms with Crippen molar-refractivity contribution in [1.29, 1.82) is 0 Å². The summed E-state index contributed by atoms with van der Waals surface area (Å²) in [5.74, 6) is 0.869. The smallest absolute Gasteiger partial charge is 0.179 e. The van der Waals surface area contributed by atoms with E-state index in [4.69, 9.17) is 4.74 Å². The first-order chi connectivity index (χ1) is 14.1. The Morgan fingerprint density at radius 1 is 0.833 bits per heavy atom. The summed E-state index contributed by atoms with van der Waals surface area (Å²) in [4.78, 5) is 12.7. The van der Waals surface area contributed by atoms with E-state index in [1.54, 1.807) is 0 Å². The van der Waals surface area contributed by atoms with Crippen LogP contribution in [0.2, 0.25) is 0 Å². The number of carbonyl (C=O) groups excluding carboxylic acids is 1. The van der Waals surface area contributed by atoms with Crippen molar-refractivity contribution in [2.75, 3.05) is 0 Å². The van der Waals surface area contributed by atoms with Gasteiger partial charge in [-0.1, -0.05) is 60.7 Å². The summed E-state index contributed by atoms with van der Waals surface area (Å²) >= 11 is 0. The topological polar surface area (TPSA) is 38.3 Å². The molecule has 1 N–H and O–H groups in total. The van der Waals surface area contributed by atoms with E-state index in [1.807, 2.05) is 67.6 Å². The van der Waals surface area contributed by atoms with Crippen molar-refractivity contribution in [2.24, 2.45) is 0 Å². The largest absolute Gasteiger partial charge is 0.489 e. The quantitative estimate of drug-likeness (QED) is 0.370. The third-order valence-corrected chi connectivity index (χ3v) is 5.02. The molecule has 0 aromatic heterocycles. The Bertz CT molecular complexity index is 882. The molecule has 158 valence electrons. The van der Waals surface area contributed by atoms with Gasteiger partial charge < -0.3 is 10.1 Å². The molecule has 0 fully saturated rings. The Labute approximate surface area is 190 Å². The third-order valence-electron chi connectivity index (χ3n) is 5.02. The summed E-state index contributed by atoms with van der Waals surface area (Å²) in [5, 5.41) is 3.43. The molecule has 0 aliphatic rings. The Morgan fingerprint density at radius 2 is 1.40 bits per heavy atom. The van der Waals surface area contributed by atoms with Gasteiger partial charge >= 0.3 is 0 Å². The Kier molecular flexibility index (Phi) is 9.78. The molecule has 4 heteroatoms. The molecule has 0 spiro atoms. The molecule has 3 aromatic rings. The second-order valence-electron chi connectivity index (χ2n) is 7.48. The van der Waals surface area contributed by atoms with Crippen LogP contribution in [-0.2, 0) is 13.0 Å². The van der Waals surface area contributed by atoms with Crippen molar-refractivity contribution in [2.45, 2.75) is 45.4 Å². The Morgan fingerprint density at radius 3 is 2.00 bits per heavy atom. The number of carbonyl (C=O) groups is 1. The van der Waals surface area contributed by atoms with E-state index >= 15 is 0 Å². The van der Waals surface area contributed by atoms with E-state index in [1.165, 1.54) is 5.56 Å². The average molecular weight is 468 g/mol. The van der Waals surface area contributed by atoms with Gasteiger partial charge in [0.15, 0.2) is 5.78 Å². The zero-order valence-electron chi connectivity index (χ0n) is 17.6. The van der Waals surface area contributed by atoms with E-state index < -0.39 is 0 Å². The summed E-state index contributed by atoms with van der Waals surface area (Å²) in [7, 11) is 0. The van der Waals surface area contributed by atoms with Gasteiger partial charge in [0.2, 0.25) is 0 Å². The minimum Gasteiger partial charge on any atom is -0.489 e. The fourth-order valence-corrected chi connectivity index (χ4v) is 3.32. The summed E-state index contributed by atoms with van der Waals surface area (Å²) < 4.78 is 5.80. The van der Waals surface area contributed by atoms with Gasteiger partial charge in [0.1, 0.15) is 12.4 Å². The SMILES string of the molecule is Br.CC(CCc1ccccc1)NC(C)C(=O)c1ccc(OCc2ccccc2)cc1. The van der Waals surface area contributed by atoms with Crippen LogP contribution in [0, 0.1) is 0 Å². The van der Waals surface area contributed by atoms with Crippen LogP contribution < -0.4 is 10.1 Å². The van der Waals surface area contributed by atoms with E-state index in [2.05, 4.69) is 36.5 Å². The summed E-state index contributed by atoms with van der Waals surface area (Å²) in [6, 6.07) is 27.9. The van der Waals surface area contributed by atoms with Gasteiger partial charge in [-0.2, -0.15) is 0 Å². The third kappa shape index (κ3) is 7.43. The van der Waals surface area contributed by atoms with Crippen LogP contribution in [-0.4, -0.2) is 17.9 Å². The number of hydrogen-bond acceptors (Lipinski definition) is 3. The van der Waals surface area contributed by atoms with Gasteiger partial charge in [-0.3, -0.25) is 4.79 Å². The van der Waals surface area contributed by atoms with E-state index in [-0.39, 0.29) is 34.8 Å². The number of halogens is 1. The van der Waals surface area contributed by atoms with Crippen molar-refractivity contribution in [3.8, 4) is 5.75 Å². The van der Waals surface area contributed by atoms with Gasteiger partial charge in [0.25, 0.3) is 0 Å². The van der Waals surface area contributed by atoms with Crippen LogP contribution in [0.4, 0.5) is 0 Å². The Balaban J connectivity index is 0.00000320. The van der Waals surface area contributed by atoms with Crippen LogP contribution in [0.1, 0.15) is 41.8 Å². The molecule has 0 amide bonds. The second kappa shape index (κ2) is 12.3. The molecular weight excluding hydrogens is 438 g/mol.